The minimum absolute atomic E-state index is 0.116. The van der Waals surface area contributed by atoms with E-state index < -0.39 is 5.82 Å². The Morgan fingerprint density at radius 3 is 2.92 bits per heavy atom. The van der Waals surface area contributed by atoms with E-state index in [4.69, 9.17) is 11.6 Å². The van der Waals surface area contributed by atoms with E-state index in [2.05, 4.69) is 10.5 Å². The second-order valence-corrected chi connectivity index (χ2v) is 3.51. The molecule has 0 fully saturated rings. The molecule has 0 bridgehead atoms. The normalized spacial score (nSPS) is 10.3. The number of nitrogens with zero attached hydrogens (tertiary/aromatic N) is 1. The van der Waals surface area contributed by atoms with Crippen LogP contribution in [0.25, 0.3) is 11.3 Å². The highest BCUT2D eigenvalue weighted by atomic mass is 35.5. The molecule has 0 saturated heterocycles. The Labute approximate surface area is 83.8 Å². The van der Waals surface area contributed by atoms with Gasteiger partial charge in [0, 0.05) is 10.9 Å². The van der Waals surface area contributed by atoms with E-state index in [0.29, 0.717) is 0 Å². The largest absolute Gasteiger partial charge is 0.233 e. The number of aromatic nitrogens is 1. The summed E-state index contributed by atoms with van der Waals surface area (Å²) in [6.07, 6.45) is 0. The van der Waals surface area contributed by atoms with Crippen LogP contribution in [0.4, 0.5) is 4.39 Å². The Kier molecular flexibility index (Phi) is 2.29. The van der Waals surface area contributed by atoms with Crippen molar-refractivity contribution in [3.63, 3.8) is 0 Å². The summed E-state index contributed by atoms with van der Waals surface area (Å²) in [5, 5.41) is 1.95. The number of benzene rings is 1. The van der Waals surface area contributed by atoms with Crippen molar-refractivity contribution in [1.29, 1.82) is 0 Å². The number of rotatable bonds is 1. The average Bonchev–Trinajstić information content (AvgIpc) is 2.62. The van der Waals surface area contributed by atoms with Crippen LogP contribution in [0.1, 0.15) is 0 Å². The van der Waals surface area contributed by atoms with Crippen LogP contribution in [-0.2, 0) is 0 Å². The summed E-state index contributed by atoms with van der Waals surface area (Å²) in [5.74, 6) is -0.412. The zero-order chi connectivity index (χ0) is 9.26. The van der Waals surface area contributed by atoms with Gasteiger partial charge in [-0.15, -0.1) is 11.3 Å². The lowest BCUT2D eigenvalue weighted by Crippen LogP contribution is -1.80. The monoisotopic (exact) mass is 212 g/mol. The molecular formula is C9H4ClFNS. The lowest BCUT2D eigenvalue weighted by atomic mass is 10.2. The van der Waals surface area contributed by atoms with Gasteiger partial charge >= 0.3 is 0 Å². The Hall–Kier alpha value is -0.930. The van der Waals surface area contributed by atoms with E-state index >= 15 is 0 Å². The summed E-state index contributed by atoms with van der Waals surface area (Å²) in [6.45, 7) is 0. The summed E-state index contributed by atoms with van der Waals surface area (Å²) >= 11 is 6.99. The highest BCUT2D eigenvalue weighted by Gasteiger charge is 2.03. The molecule has 1 nitrogen and oxygen atoms in total. The SMILES string of the molecule is Fc1ccc(-c2cs[c]n2)cc1Cl. The Morgan fingerprint density at radius 2 is 2.31 bits per heavy atom. The molecule has 0 unspecified atom stereocenters. The van der Waals surface area contributed by atoms with Gasteiger partial charge in [0.05, 0.1) is 10.7 Å². The van der Waals surface area contributed by atoms with E-state index in [0.717, 1.165) is 11.3 Å². The standard InChI is InChI=1S/C9H4ClFNS/c10-7-3-6(1-2-8(7)11)9-4-13-5-12-9/h1-4H. The first-order valence-electron chi connectivity index (χ1n) is 3.54. The molecule has 0 aliphatic heterocycles. The van der Waals surface area contributed by atoms with Gasteiger partial charge in [-0.3, -0.25) is 0 Å². The summed E-state index contributed by atoms with van der Waals surface area (Å²) in [6, 6.07) is 4.53. The number of halogens is 2. The van der Waals surface area contributed by atoms with E-state index in [1.165, 1.54) is 17.4 Å². The van der Waals surface area contributed by atoms with Crippen molar-refractivity contribution < 1.29 is 4.39 Å². The summed E-state index contributed by atoms with van der Waals surface area (Å²) < 4.78 is 12.8. The fourth-order valence-electron chi connectivity index (χ4n) is 0.972. The third-order valence-electron chi connectivity index (χ3n) is 1.60. The quantitative estimate of drug-likeness (QED) is 0.706. The van der Waals surface area contributed by atoms with Gasteiger partial charge in [0.2, 0.25) is 0 Å². The number of hydrogen-bond acceptors (Lipinski definition) is 2. The molecule has 0 amide bonds. The van der Waals surface area contributed by atoms with Crippen molar-refractivity contribution in [2.24, 2.45) is 0 Å². The molecule has 1 aromatic heterocycles. The lowest BCUT2D eigenvalue weighted by Gasteiger charge is -1.97. The van der Waals surface area contributed by atoms with Crippen LogP contribution in [0, 0.1) is 11.3 Å². The molecular weight excluding hydrogens is 209 g/mol. The minimum atomic E-state index is -0.412. The van der Waals surface area contributed by atoms with Crippen molar-refractivity contribution in [3.8, 4) is 11.3 Å². The van der Waals surface area contributed by atoms with Crippen LogP contribution in [0.5, 0.6) is 0 Å². The molecule has 4 heteroatoms. The fraction of sp³-hybridized carbons (Fsp3) is 0. The smallest absolute Gasteiger partial charge is 0.152 e. The molecule has 0 N–H and O–H groups in total. The maximum atomic E-state index is 12.8. The minimum Gasteiger partial charge on any atom is -0.233 e. The summed E-state index contributed by atoms with van der Waals surface area (Å²) in [7, 11) is 0. The van der Waals surface area contributed by atoms with Crippen molar-refractivity contribution in [1.82, 2.24) is 4.98 Å². The average molecular weight is 213 g/mol. The zero-order valence-corrected chi connectivity index (χ0v) is 7.99. The second-order valence-electron chi connectivity index (χ2n) is 2.45. The van der Waals surface area contributed by atoms with Crippen LogP contribution in [0.2, 0.25) is 5.02 Å². The van der Waals surface area contributed by atoms with Crippen molar-refractivity contribution in [3.05, 3.63) is 39.9 Å². The van der Waals surface area contributed by atoms with Crippen LogP contribution < -0.4 is 0 Å². The molecule has 2 rings (SSSR count). The van der Waals surface area contributed by atoms with Crippen molar-refractivity contribution in [2.45, 2.75) is 0 Å². The second kappa shape index (κ2) is 3.44. The van der Waals surface area contributed by atoms with E-state index in [9.17, 15) is 4.39 Å². The van der Waals surface area contributed by atoms with E-state index in [-0.39, 0.29) is 5.02 Å². The van der Waals surface area contributed by atoms with Crippen molar-refractivity contribution in [2.75, 3.05) is 0 Å². The van der Waals surface area contributed by atoms with Gasteiger partial charge in [0.1, 0.15) is 5.82 Å². The maximum absolute atomic E-state index is 12.8. The summed E-state index contributed by atoms with van der Waals surface area (Å²) in [4.78, 5) is 3.97. The van der Waals surface area contributed by atoms with Gasteiger partial charge < -0.3 is 0 Å². The van der Waals surface area contributed by atoms with Gasteiger partial charge in [-0.1, -0.05) is 11.6 Å². The molecule has 1 aromatic carbocycles. The van der Waals surface area contributed by atoms with Gasteiger partial charge in [-0.05, 0) is 18.2 Å². The van der Waals surface area contributed by atoms with Gasteiger partial charge in [0.25, 0.3) is 0 Å². The molecule has 0 aliphatic carbocycles. The number of hydrogen-bond donors (Lipinski definition) is 0. The van der Waals surface area contributed by atoms with E-state index in [1.807, 2.05) is 5.38 Å². The molecule has 0 spiro atoms. The first-order chi connectivity index (χ1) is 6.27. The van der Waals surface area contributed by atoms with Crippen molar-refractivity contribution >= 4 is 22.9 Å². The van der Waals surface area contributed by atoms with Crippen LogP contribution in [-0.4, -0.2) is 4.98 Å². The van der Waals surface area contributed by atoms with E-state index in [1.54, 1.807) is 12.1 Å². The molecule has 13 heavy (non-hydrogen) atoms. The Morgan fingerprint density at radius 1 is 1.46 bits per heavy atom. The lowest BCUT2D eigenvalue weighted by molar-refractivity contribution is 0.628. The first-order valence-corrected chi connectivity index (χ1v) is 4.80. The van der Waals surface area contributed by atoms with Crippen LogP contribution in [0.3, 0.4) is 0 Å². The predicted octanol–water partition coefficient (Wildman–Crippen LogP) is 3.40. The van der Waals surface area contributed by atoms with Gasteiger partial charge in [-0.25, -0.2) is 9.37 Å². The molecule has 0 atom stereocenters. The molecule has 1 heterocycles. The Bertz CT molecular complexity index is 414. The molecule has 2 aromatic rings. The molecule has 0 saturated carbocycles. The molecule has 65 valence electrons. The third-order valence-corrected chi connectivity index (χ3v) is 2.43. The Balaban J connectivity index is 2.49. The molecule has 0 aliphatic rings. The maximum Gasteiger partial charge on any atom is 0.152 e. The topological polar surface area (TPSA) is 12.9 Å². The highest BCUT2D eigenvalue weighted by molar-refractivity contribution is 7.07. The van der Waals surface area contributed by atoms with Gasteiger partial charge in [0.15, 0.2) is 5.51 Å². The third kappa shape index (κ3) is 1.71. The highest BCUT2D eigenvalue weighted by Crippen LogP contribution is 2.24. The molecule has 1 radical (unpaired) electrons. The van der Waals surface area contributed by atoms with Crippen LogP contribution >= 0.6 is 22.9 Å². The fourth-order valence-corrected chi connectivity index (χ4v) is 1.66. The van der Waals surface area contributed by atoms with Crippen LogP contribution in [0.15, 0.2) is 23.6 Å². The summed E-state index contributed by atoms with van der Waals surface area (Å²) in [5.41, 5.74) is 4.30. The van der Waals surface area contributed by atoms with Gasteiger partial charge in [-0.2, -0.15) is 0 Å². The predicted molar refractivity (Wildman–Crippen MR) is 51.4 cm³/mol. The first kappa shape index (κ1) is 8.66. The zero-order valence-electron chi connectivity index (χ0n) is 6.42. The number of thiazole rings is 1.